The van der Waals surface area contributed by atoms with E-state index in [1.807, 2.05) is 24.3 Å². The number of ether oxygens (including phenoxy) is 2. The molecule has 7 heteroatoms. The van der Waals surface area contributed by atoms with E-state index in [4.69, 9.17) is 9.47 Å². The lowest BCUT2D eigenvalue weighted by Gasteiger charge is -2.21. The number of nitrogens with one attached hydrogen (secondary N) is 1. The molecule has 0 saturated carbocycles. The molecule has 1 heterocycles. The van der Waals surface area contributed by atoms with Gasteiger partial charge in [-0.25, -0.2) is 13.1 Å². The van der Waals surface area contributed by atoms with Crippen LogP contribution in [0.5, 0.6) is 5.75 Å². The second-order valence-corrected chi connectivity index (χ2v) is 8.15. The Morgan fingerprint density at radius 1 is 1.30 bits per heavy atom. The lowest BCUT2D eigenvalue weighted by molar-refractivity contribution is 0.140. The molecule has 1 fully saturated rings. The minimum atomic E-state index is -3.33. The Morgan fingerprint density at radius 3 is 2.55 bits per heavy atom. The van der Waals surface area contributed by atoms with E-state index in [1.54, 1.807) is 13.8 Å². The number of benzene rings is 1. The maximum atomic E-state index is 11.9. The molecule has 0 aliphatic carbocycles. The van der Waals surface area contributed by atoms with E-state index < -0.39 is 15.3 Å². The van der Waals surface area contributed by atoms with Gasteiger partial charge in [0.15, 0.2) is 0 Å². The fraction of sp³-hybridized carbons (Fsp3) is 0.538. The van der Waals surface area contributed by atoms with Gasteiger partial charge < -0.3 is 9.47 Å². The number of rotatable bonds is 5. The molecule has 112 valence electrons. The summed E-state index contributed by atoms with van der Waals surface area (Å²) in [4.78, 5) is 0. The van der Waals surface area contributed by atoms with E-state index in [-0.39, 0.29) is 12.1 Å². The summed E-state index contributed by atoms with van der Waals surface area (Å²) in [6, 6.07) is 7.05. The minimum Gasteiger partial charge on any atom is -0.486 e. The molecule has 1 aliphatic rings. The lowest BCUT2D eigenvalue weighted by atomic mass is 10.2. The summed E-state index contributed by atoms with van der Waals surface area (Å²) in [6.07, 6.45) is -0.315. The van der Waals surface area contributed by atoms with Gasteiger partial charge in [0.05, 0.1) is 24.5 Å². The summed E-state index contributed by atoms with van der Waals surface area (Å²) < 4.78 is 38.5. The van der Waals surface area contributed by atoms with E-state index in [0.29, 0.717) is 19.0 Å². The number of hydrogen-bond acceptors (Lipinski definition) is 4. The molecule has 20 heavy (non-hydrogen) atoms. The zero-order valence-electron chi connectivity index (χ0n) is 11.4. The first-order chi connectivity index (χ1) is 9.38. The SMILES string of the molecule is CC(C)S(=O)(=O)NC1COCC1Oc1ccc(Br)cc1. The molecule has 0 radical (unpaired) electrons. The monoisotopic (exact) mass is 363 g/mol. The van der Waals surface area contributed by atoms with Crippen molar-refractivity contribution in [3.05, 3.63) is 28.7 Å². The molecule has 1 aromatic rings. The van der Waals surface area contributed by atoms with Crippen molar-refractivity contribution in [1.29, 1.82) is 0 Å². The third-order valence-electron chi connectivity index (χ3n) is 3.07. The van der Waals surface area contributed by atoms with E-state index in [9.17, 15) is 8.42 Å². The van der Waals surface area contributed by atoms with Crippen molar-refractivity contribution in [2.24, 2.45) is 0 Å². The highest BCUT2D eigenvalue weighted by Crippen LogP contribution is 2.20. The molecule has 2 unspecified atom stereocenters. The average molecular weight is 364 g/mol. The van der Waals surface area contributed by atoms with E-state index in [2.05, 4.69) is 20.7 Å². The highest BCUT2D eigenvalue weighted by atomic mass is 79.9. The Morgan fingerprint density at radius 2 is 1.95 bits per heavy atom. The van der Waals surface area contributed by atoms with Crippen LogP contribution in [0.25, 0.3) is 0 Å². The van der Waals surface area contributed by atoms with Gasteiger partial charge in [-0.2, -0.15) is 0 Å². The molecule has 0 aromatic heterocycles. The van der Waals surface area contributed by atoms with Crippen molar-refractivity contribution in [1.82, 2.24) is 4.72 Å². The predicted octanol–water partition coefficient (Wildman–Crippen LogP) is 1.92. The topological polar surface area (TPSA) is 64.6 Å². The normalized spacial score (nSPS) is 23.2. The van der Waals surface area contributed by atoms with E-state index >= 15 is 0 Å². The van der Waals surface area contributed by atoms with Crippen molar-refractivity contribution in [3.8, 4) is 5.75 Å². The van der Waals surface area contributed by atoms with Gasteiger partial charge in [-0.05, 0) is 38.1 Å². The Bertz CT molecular complexity index is 544. The molecule has 2 atom stereocenters. The smallest absolute Gasteiger partial charge is 0.214 e. The molecule has 1 N–H and O–H groups in total. The van der Waals surface area contributed by atoms with Gasteiger partial charge in [0.2, 0.25) is 10.0 Å². The summed E-state index contributed by atoms with van der Waals surface area (Å²) in [5.74, 6) is 0.692. The van der Waals surface area contributed by atoms with Crippen LogP contribution < -0.4 is 9.46 Å². The van der Waals surface area contributed by atoms with Crippen LogP contribution >= 0.6 is 15.9 Å². The Labute approximate surface area is 127 Å². The number of sulfonamides is 1. The van der Waals surface area contributed by atoms with Crippen LogP contribution in [0.2, 0.25) is 0 Å². The Balaban J connectivity index is 2.02. The molecule has 1 aromatic carbocycles. The fourth-order valence-corrected chi connectivity index (χ4v) is 2.97. The van der Waals surface area contributed by atoms with Gasteiger partial charge in [0.1, 0.15) is 11.9 Å². The van der Waals surface area contributed by atoms with Crippen LogP contribution in [0.15, 0.2) is 28.7 Å². The summed E-state index contributed by atoms with van der Waals surface area (Å²) in [7, 11) is -3.33. The Kier molecular flexibility index (Phi) is 5.06. The molecule has 0 spiro atoms. The van der Waals surface area contributed by atoms with Gasteiger partial charge in [-0.15, -0.1) is 0 Å². The van der Waals surface area contributed by atoms with Gasteiger partial charge in [0.25, 0.3) is 0 Å². The van der Waals surface area contributed by atoms with Crippen molar-refractivity contribution in [3.63, 3.8) is 0 Å². The first-order valence-electron chi connectivity index (χ1n) is 6.39. The molecule has 1 aliphatic heterocycles. The van der Waals surface area contributed by atoms with Gasteiger partial charge in [0, 0.05) is 4.47 Å². The Hall–Kier alpha value is -0.630. The van der Waals surface area contributed by atoms with Crippen LogP contribution in [0.3, 0.4) is 0 Å². The number of halogens is 1. The maximum Gasteiger partial charge on any atom is 0.214 e. The highest BCUT2D eigenvalue weighted by molar-refractivity contribution is 9.10. The summed E-state index contributed by atoms with van der Waals surface area (Å²) in [6.45, 7) is 3.99. The van der Waals surface area contributed by atoms with Gasteiger partial charge in [-0.1, -0.05) is 15.9 Å². The van der Waals surface area contributed by atoms with E-state index in [0.717, 1.165) is 4.47 Å². The quantitative estimate of drug-likeness (QED) is 0.867. The maximum absolute atomic E-state index is 11.9. The average Bonchev–Trinajstić information content (AvgIpc) is 2.79. The largest absolute Gasteiger partial charge is 0.486 e. The van der Waals surface area contributed by atoms with Crippen molar-refractivity contribution in [2.75, 3.05) is 13.2 Å². The summed E-state index contributed by atoms with van der Waals surface area (Å²) in [5.41, 5.74) is 0. The van der Waals surface area contributed by atoms with Crippen LogP contribution in [-0.2, 0) is 14.8 Å². The predicted molar refractivity (Wildman–Crippen MR) is 80.4 cm³/mol. The molecule has 1 saturated heterocycles. The van der Waals surface area contributed by atoms with Crippen molar-refractivity contribution < 1.29 is 17.9 Å². The van der Waals surface area contributed by atoms with Crippen LogP contribution in [0, 0.1) is 0 Å². The fourth-order valence-electron chi connectivity index (χ4n) is 1.80. The second-order valence-electron chi connectivity index (χ2n) is 4.97. The second kappa shape index (κ2) is 6.43. The zero-order chi connectivity index (χ0) is 14.8. The molecular weight excluding hydrogens is 346 g/mol. The van der Waals surface area contributed by atoms with Crippen LogP contribution in [0.1, 0.15) is 13.8 Å². The molecule has 0 bridgehead atoms. The van der Waals surface area contributed by atoms with Gasteiger partial charge >= 0.3 is 0 Å². The summed E-state index contributed by atoms with van der Waals surface area (Å²) in [5, 5.41) is -0.476. The third kappa shape index (κ3) is 3.94. The van der Waals surface area contributed by atoms with E-state index in [1.165, 1.54) is 0 Å². The van der Waals surface area contributed by atoms with Crippen molar-refractivity contribution >= 4 is 26.0 Å². The standard InChI is InChI=1S/C13H18BrNO4S/c1-9(2)20(16,17)15-12-7-18-8-13(12)19-11-5-3-10(14)4-6-11/h3-6,9,12-13,15H,7-8H2,1-2H3. The number of hydrogen-bond donors (Lipinski definition) is 1. The third-order valence-corrected chi connectivity index (χ3v) is 5.47. The first kappa shape index (κ1) is 15.8. The van der Waals surface area contributed by atoms with Crippen molar-refractivity contribution in [2.45, 2.75) is 31.2 Å². The molecule has 0 amide bonds. The highest BCUT2D eigenvalue weighted by Gasteiger charge is 2.34. The lowest BCUT2D eigenvalue weighted by Crippen LogP contribution is -2.47. The molecule has 5 nitrogen and oxygen atoms in total. The minimum absolute atomic E-state index is 0.315. The molecular formula is C13H18BrNO4S. The summed E-state index contributed by atoms with van der Waals surface area (Å²) >= 11 is 3.35. The van der Waals surface area contributed by atoms with Gasteiger partial charge in [-0.3, -0.25) is 0 Å². The molecule has 2 rings (SSSR count). The van der Waals surface area contributed by atoms with Crippen LogP contribution in [0.4, 0.5) is 0 Å². The van der Waals surface area contributed by atoms with Crippen LogP contribution in [-0.4, -0.2) is 39.0 Å². The first-order valence-corrected chi connectivity index (χ1v) is 8.73. The zero-order valence-corrected chi connectivity index (χ0v) is 13.8.